The van der Waals surface area contributed by atoms with Gasteiger partial charge in [0.25, 0.3) is 5.91 Å². The summed E-state index contributed by atoms with van der Waals surface area (Å²) >= 11 is 0. The number of nitrogens with zero attached hydrogens (tertiary/aromatic N) is 1. The topological polar surface area (TPSA) is 86.9 Å². The third-order valence-electron chi connectivity index (χ3n) is 3.02. The number of carbonyl (C=O) groups excluding carboxylic acids is 2. The maximum absolute atomic E-state index is 12.0. The first kappa shape index (κ1) is 10.8. The highest BCUT2D eigenvalue weighted by Gasteiger charge is 2.23. The molecule has 3 N–H and O–H groups in total. The average molecular weight is 244 g/mol. The van der Waals surface area contributed by atoms with Gasteiger partial charge in [0.05, 0.1) is 17.8 Å². The zero-order valence-electron chi connectivity index (χ0n) is 9.56. The van der Waals surface area contributed by atoms with Crippen LogP contribution in [0.1, 0.15) is 16.8 Å². The molecular formula is C12H12N4O2. The van der Waals surface area contributed by atoms with E-state index >= 15 is 0 Å². The number of fused-ring (bicyclic) bond motifs is 1. The van der Waals surface area contributed by atoms with Crippen LogP contribution in [0.5, 0.6) is 0 Å². The van der Waals surface area contributed by atoms with E-state index in [1.54, 1.807) is 18.3 Å². The number of hydrogen-bond donors (Lipinski definition) is 3. The smallest absolute Gasteiger partial charge is 0.251 e. The monoisotopic (exact) mass is 244 g/mol. The quantitative estimate of drug-likeness (QED) is 0.704. The van der Waals surface area contributed by atoms with Crippen LogP contribution in [-0.2, 0) is 4.79 Å². The minimum atomic E-state index is -0.173. The summed E-state index contributed by atoms with van der Waals surface area (Å²) in [4.78, 5) is 23.0. The summed E-state index contributed by atoms with van der Waals surface area (Å²) in [6.07, 6.45) is 2.05. The second-order valence-electron chi connectivity index (χ2n) is 4.35. The van der Waals surface area contributed by atoms with Gasteiger partial charge in [-0.3, -0.25) is 14.7 Å². The fourth-order valence-corrected chi connectivity index (χ4v) is 2.05. The number of benzene rings is 1. The van der Waals surface area contributed by atoms with Crippen molar-refractivity contribution >= 4 is 22.7 Å². The summed E-state index contributed by atoms with van der Waals surface area (Å²) in [5, 5.41) is 13.2. The predicted octanol–water partition coefficient (Wildman–Crippen LogP) is 0.181. The molecule has 6 nitrogen and oxygen atoms in total. The molecule has 0 aliphatic carbocycles. The zero-order valence-corrected chi connectivity index (χ0v) is 9.56. The highest BCUT2D eigenvalue weighted by Crippen LogP contribution is 2.13. The van der Waals surface area contributed by atoms with E-state index in [1.807, 2.05) is 6.07 Å². The van der Waals surface area contributed by atoms with Gasteiger partial charge in [-0.05, 0) is 12.1 Å². The predicted molar refractivity (Wildman–Crippen MR) is 65.0 cm³/mol. The number of carbonyl (C=O) groups is 2. The molecule has 18 heavy (non-hydrogen) atoms. The minimum Gasteiger partial charge on any atom is -0.354 e. The van der Waals surface area contributed by atoms with Gasteiger partial charge in [-0.1, -0.05) is 6.07 Å². The van der Waals surface area contributed by atoms with E-state index in [2.05, 4.69) is 20.8 Å². The van der Waals surface area contributed by atoms with Crippen LogP contribution < -0.4 is 10.6 Å². The maximum Gasteiger partial charge on any atom is 0.251 e. The standard InChI is InChI=1S/C12H12N4O2/c17-11-4-9(6-13-11)15-12(18)7-1-2-8-5-14-16-10(8)3-7/h1-3,5,9H,4,6H2,(H,13,17)(H,14,16)(H,15,18). The van der Waals surface area contributed by atoms with Gasteiger partial charge in [0, 0.05) is 23.9 Å². The Labute approximate surface area is 103 Å². The number of aromatic nitrogens is 2. The van der Waals surface area contributed by atoms with Gasteiger partial charge in [0.2, 0.25) is 5.91 Å². The van der Waals surface area contributed by atoms with Crippen molar-refractivity contribution in [2.45, 2.75) is 12.5 Å². The molecule has 1 aliphatic rings. The molecule has 1 aromatic heterocycles. The van der Waals surface area contributed by atoms with E-state index in [0.29, 0.717) is 18.5 Å². The molecule has 1 aliphatic heterocycles. The van der Waals surface area contributed by atoms with Gasteiger partial charge in [0.1, 0.15) is 0 Å². The second kappa shape index (κ2) is 4.14. The third-order valence-corrected chi connectivity index (χ3v) is 3.02. The molecule has 1 saturated heterocycles. The Morgan fingerprint density at radius 1 is 1.44 bits per heavy atom. The number of amides is 2. The first-order valence-corrected chi connectivity index (χ1v) is 5.73. The third kappa shape index (κ3) is 1.92. The van der Waals surface area contributed by atoms with Crippen LogP contribution in [-0.4, -0.2) is 34.6 Å². The van der Waals surface area contributed by atoms with E-state index in [0.717, 1.165) is 10.9 Å². The van der Waals surface area contributed by atoms with Crippen molar-refractivity contribution < 1.29 is 9.59 Å². The Hall–Kier alpha value is -2.37. The summed E-state index contributed by atoms with van der Waals surface area (Å²) in [6, 6.07) is 5.22. The van der Waals surface area contributed by atoms with E-state index in [9.17, 15) is 9.59 Å². The van der Waals surface area contributed by atoms with E-state index in [-0.39, 0.29) is 17.9 Å². The number of hydrogen-bond acceptors (Lipinski definition) is 3. The molecule has 1 aromatic carbocycles. The van der Waals surface area contributed by atoms with Gasteiger partial charge < -0.3 is 10.6 Å². The Balaban J connectivity index is 1.77. The number of rotatable bonds is 2. The molecule has 1 atom stereocenters. The normalized spacial score (nSPS) is 18.9. The van der Waals surface area contributed by atoms with Crippen molar-refractivity contribution in [3.05, 3.63) is 30.0 Å². The lowest BCUT2D eigenvalue weighted by molar-refractivity contribution is -0.119. The van der Waals surface area contributed by atoms with Gasteiger partial charge in [0.15, 0.2) is 0 Å². The van der Waals surface area contributed by atoms with Crippen molar-refractivity contribution in [1.82, 2.24) is 20.8 Å². The molecule has 2 aromatic rings. The van der Waals surface area contributed by atoms with E-state index in [4.69, 9.17) is 0 Å². The molecule has 1 unspecified atom stereocenters. The molecule has 0 radical (unpaired) electrons. The van der Waals surface area contributed by atoms with Crippen LogP contribution in [0.25, 0.3) is 10.9 Å². The number of H-pyrrole nitrogens is 1. The Kier molecular flexibility index (Phi) is 2.47. The largest absolute Gasteiger partial charge is 0.354 e. The van der Waals surface area contributed by atoms with Gasteiger partial charge in [-0.2, -0.15) is 5.10 Å². The van der Waals surface area contributed by atoms with Gasteiger partial charge in [-0.25, -0.2) is 0 Å². The minimum absolute atomic E-state index is 0.0238. The lowest BCUT2D eigenvalue weighted by atomic mass is 10.1. The Bertz CT molecular complexity index is 619. The first-order chi connectivity index (χ1) is 8.72. The van der Waals surface area contributed by atoms with Gasteiger partial charge >= 0.3 is 0 Å². The van der Waals surface area contributed by atoms with Crippen LogP contribution in [0, 0.1) is 0 Å². The Morgan fingerprint density at radius 3 is 3.11 bits per heavy atom. The summed E-state index contributed by atoms with van der Waals surface area (Å²) in [6.45, 7) is 0.497. The first-order valence-electron chi connectivity index (χ1n) is 5.73. The van der Waals surface area contributed by atoms with E-state index in [1.165, 1.54) is 0 Å². The highest BCUT2D eigenvalue weighted by molar-refractivity contribution is 5.98. The number of aromatic amines is 1. The second-order valence-corrected chi connectivity index (χ2v) is 4.35. The molecule has 3 rings (SSSR count). The van der Waals surface area contributed by atoms with Crippen molar-refractivity contribution in [2.24, 2.45) is 0 Å². The van der Waals surface area contributed by atoms with Crippen molar-refractivity contribution in [2.75, 3.05) is 6.54 Å². The summed E-state index contributed by atoms with van der Waals surface area (Å²) in [5.41, 5.74) is 1.38. The molecule has 2 amide bonds. The molecule has 1 fully saturated rings. The molecule has 92 valence electrons. The van der Waals surface area contributed by atoms with Crippen LogP contribution >= 0.6 is 0 Å². The zero-order chi connectivity index (χ0) is 12.5. The fraction of sp³-hybridized carbons (Fsp3) is 0.250. The van der Waals surface area contributed by atoms with Crippen molar-refractivity contribution in [1.29, 1.82) is 0 Å². The van der Waals surface area contributed by atoms with Gasteiger partial charge in [-0.15, -0.1) is 0 Å². The van der Waals surface area contributed by atoms with Crippen LogP contribution in [0.15, 0.2) is 24.4 Å². The van der Waals surface area contributed by atoms with Crippen molar-refractivity contribution in [3.8, 4) is 0 Å². The van der Waals surface area contributed by atoms with Crippen LogP contribution in [0.3, 0.4) is 0 Å². The molecule has 0 saturated carbocycles. The summed E-state index contributed by atoms with van der Waals surface area (Å²) in [5.74, 6) is -0.197. The number of nitrogens with one attached hydrogen (secondary N) is 3. The molecule has 6 heteroatoms. The molecule has 2 heterocycles. The SMILES string of the molecule is O=C1CC(NC(=O)c2ccc3cn[nH]c3c2)CN1. The average Bonchev–Trinajstić information content (AvgIpc) is 2.96. The summed E-state index contributed by atoms with van der Waals surface area (Å²) < 4.78 is 0. The van der Waals surface area contributed by atoms with Crippen LogP contribution in [0.2, 0.25) is 0 Å². The summed E-state index contributed by atoms with van der Waals surface area (Å²) in [7, 11) is 0. The molecule has 0 spiro atoms. The fourth-order valence-electron chi connectivity index (χ4n) is 2.05. The van der Waals surface area contributed by atoms with Crippen molar-refractivity contribution in [3.63, 3.8) is 0 Å². The molecular weight excluding hydrogens is 232 g/mol. The van der Waals surface area contributed by atoms with Crippen LogP contribution in [0.4, 0.5) is 0 Å². The van der Waals surface area contributed by atoms with E-state index < -0.39 is 0 Å². The Morgan fingerprint density at radius 2 is 2.33 bits per heavy atom. The lowest BCUT2D eigenvalue weighted by Crippen LogP contribution is -2.36. The highest BCUT2D eigenvalue weighted by atomic mass is 16.2. The molecule has 0 bridgehead atoms. The lowest BCUT2D eigenvalue weighted by Gasteiger charge is -2.10. The maximum atomic E-state index is 12.0.